The van der Waals surface area contributed by atoms with E-state index in [0.717, 1.165) is 40.9 Å². The Morgan fingerprint density at radius 2 is 2.21 bits per heavy atom. The summed E-state index contributed by atoms with van der Waals surface area (Å²) in [5.41, 5.74) is 4.64. The Kier molecular flexibility index (Phi) is 5.24. The quantitative estimate of drug-likeness (QED) is 0.787. The number of methoxy groups -OCH3 is 1. The molecule has 0 radical (unpaired) electrons. The second-order valence-corrected chi connectivity index (χ2v) is 6.52. The van der Waals surface area contributed by atoms with Crippen LogP contribution in [0.2, 0.25) is 0 Å². The average Bonchev–Trinajstić information content (AvgIpc) is 2.90. The molecule has 0 aliphatic heterocycles. The first-order valence-electron chi connectivity index (χ1n) is 8.77. The van der Waals surface area contributed by atoms with Crippen molar-refractivity contribution in [2.45, 2.75) is 45.4 Å². The molecule has 4 heteroatoms. The van der Waals surface area contributed by atoms with Crippen molar-refractivity contribution in [1.29, 1.82) is 0 Å². The molecule has 0 spiro atoms. The maximum absolute atomic E-state index is 12.3. The van der Waals surface area contributed by atoms with Crippen molar-refractivity contribution in [3.8, 4) is 5.75 Å². The van der Waals surface area contributed by atoms with Crippen molar-refractivity contribution in [3.05, 3.63) is 41.1 Å². The highest BCUT2D eigenvalue weighted by Crippen LogP contribution is 2.26. The predicted molar refractivity (Wildman–Crippen MR) is 97.5 cm³/mol. The lowest BCUT2D eigenvalue weighted by atomic mass is 9.97. The summed E-state index contributed by atoms with van der Waals surface area (Å²) in [6.45, 7) is 2.75. The number of amides is 1. The number of benzene rings is 1. The fourth-order valence-electron chi connectivity index (χ4n) is 3.43. The molecule has 2 aromatic rings. The molecule has 0 atom stereocenters. The van der Waals surface area contributed by atoms with Crippen LogP contribution in [0.3, 0.4) is 0 Å². The molecule has 3 rings (SSSR count). The number of aromatic amines is 1. The highest BCUT2D eigenvalue weighted by atomic mass is 16.5. The molecule has 24 heavy (non-hydrogen) atoms. The van der Waals surface area contributed by atoms with Crippen molar-refractivity contribution in [2.75, 3.05) is 13.7 Å². The molecule has 0 fully saturated rings. The van der Waals surface area contributed by atoms with Gasteiger partial charge in [-0.25, -0.2) is 0 Å². The Bertz CT molecular complexity index is 758. The summed E-state index contributed by atoms with van der Waals surface area (Å²) in [5, 5.41) is 4.13. The van der Waals surface area contributed by atoms with Crippen molar-refractivity contribution in [2.24, 2.45) is 0 Å². The number of carbonyl (C=O) groups is 1. The number of fused-ring (bicyclic) bond motifs is 1. The third-order valence-corrected chi connectivity index (χ3v) is 4.82. The molecule has 1 heterocycles. The average molecular weight is 326 g/mol. The first-order chi connectivity index (χ1) is 11.7. The van der Waals surface area contributed by atoms with Gasteiger partial charge in [0.1, 0.15) is 5.75 Å². The largest absolute Gasteiger partial charge is 0.497 e. The molecule has 128 valence electrons. The molecule has 0 bridgehead atoms. The van der Waals surface area contributed by atoms with Gasteiger partial charge >= 0.3 is 0 Å². The minimum atomic E-state index is 0.0817. The van der Waals surface area contributed by atoms with Crippen molar-refractivity contribution < 1.29 is 9.53 Å². The second-order valence-electron chi connectivity index (χ2n) is 6.52. The number of rotatable bonds is 6. The van der Waals surface area contributed by atoms with Gasteiger partial charge in [-0.3, -0.25) is 4.79 Å². The fourth-order valence-corrected chi connectivity index (χ4v) is 3.43. The molecule has 1 aliphatic carbocycles. The van der Waals surface area contributed by atoms with Crippen LogP contribution in [0.1, 0.15) is 43.4 Å². The summed E-state index contributed by atoms with van der Waals surface area (Å²) in [7, 11) is 1.66. The van der Waals surface area contributed by atoms with E-state index in [0.29, 0.717) is 6.42 Å². The summed E-state index contributed by atoms with van der Waals surface area (Å²) in [4.78, 5) is 15.7. The number of carbonyl (C=O) groups excluding carboxylic acids is 1. The molecule has 4 nitrogen and oxygen atoms in total. The van der Waals surface area contributed by atoms with Crippen LogP contribution >= 0.6 is 0 Å². The SMILES string of the molecule is COc1ccc2[nH]c(C)c(CC(=O)NCCC3=CCCCC3)c2c1. The predicted octanol–water partition coefficient (Wildman–Crippen LogP) is 4.03. The zero-order valence-corrected chi connectivity index (χ0v) is 14.6. The van der Waals surface area contributed by atoms with Gasteiger partial charge in [0, 0.05) is 23.1 Å². The molecule has 0 unspecified atom stereocenters. The topological polar surface area (TPSA) is 54.1 Å². The molecular formula is C20H26N2O2. The Balaban J connectivity index is 1.62. The summed E-state index contributed by atoms with van der Waals surface area (Å²) in [6, 6.07) is 5.92. The van der Waals surface area contributed by atoms with Gasteiger partial charge < -0.3 is 15.0 Å². The van der Waals surface area contributed by atoms with Gasteiger partial charge in [0.05, 0.1) is 13.5 Å². The normalized spacial score (nSPS) is 14.5. The summed E-state index contributed by atoms with van der Waals surface area (Å²) >= 11 is 0. The molecule has 1 amide bonds. The van der Waals surface area contributed by atoms with Crippen LogP contribution in [-0.2, 0) is 11.2 Å². The first kappa shape index (κ1) is 16.6. The number of aromatic nitrogens is 1. The maximum atomic E-state index is 12.3. The second kappa shape index (κ2) is 7.56. The molecule has 1 aliphatic rings. The lowest BCUT2D eigenvalue weighted by Crippen LogP contribution is -2.26. The fraction of sp³-hybridized carbons (Fsp3) is 0.450. The Morgan fingerprint density at radius 3 is 2.96 bits per heavy atom. The Hall–Kier alpha value is -2.23. The zero-order valence-electron chi connectivity index (χ0n) is 14.6. The summed E-state index contributed by atoms with van der Waals surface area (Å²) in [5.74, 6) is 0.894. The van der Waals surface area contributed by atoms with E-state index in [-0.39, 0.29) is 5.91 Å². The van der Waals surface area contributed by atoms with Crippen molar-refractivity contribution in [1.82, 2.24) is 10.3 Å². The number of aryl methyl sites for hydroxylation is 1. The monoisotopic (exact) mass is 326 g/mol. The van der Waals surface area contributed by atoms with Gasteiger partial charge in [-0.1, -0.05) is 11.6 Å². The highest BCUT2D eigenvalue weighted by molar-refractivity contribution is 5.91. The summed E-state index contributed by atoms with van der Waals surface area (Å²) in [6.07, 6.45) is 8.70. The Morgan fingerprint density at radius 1 is 1.33 bits per heavy atom. The van der Waals surface area contributed by atoms with Gasteiger partial charge in [-0.2, -0.15) is 0 Å². The lowest BCUT2D eigenvalue weighted by Gasteiger charge is -2.13. The van der Waals surface area contributed by atoms with Crippen LogP contribution in [0, 0.1) is 6.92 Å². The molecule has 1 aromatic heterocycles. The molecule has 1 aromatic carbocycles. The van der Waals surface area contributed by atoms with Crippen molar-refractivity contribution in [3.63, 3.8) is 0 Å². The third kappa shape index (κ3) is 3.81. The summed E-state index contributed by atoms with van der Waals surface area (Å²) < 4.78 is 5.30. The van der Waals surface area contributed by atoms with Gasteiger partial charge in [-0.15, -0.1) is 0 Å². The first-order valence-corrected chi connectivity index (χ1v) is 8.77. The van der Waals surface area contributed by atoms with E-state index in [4.69, 9.17) is 4.74 Å². The smallest absolute Gasteiger partial charge is 0.224 e. The number of hydrogen-bond donors (Lipinski definition) is 2. The van der Waals surface area contributed by atoms with Crippen LogP contribution in [0.15, 0.2) is 29.8 Å². The van der Waals surface area contributed by atoms with Gasteiger partial charge in [0.2, 0.25) is 5.91 Å². The van der Waals surface area contributed by atoms with Crippen molar-refractivity contribution >= 4 is 16.8 Å². The van der Waals surface area contributed by atoms with E-state index in [1.807, 2.05) is 25.1 Å². The van der Waals surface area contributed by atoms with Gasteiger partial charge in [0.15, 0.2) is 0 Å². The van der Waals surface area contributed by atoms with E-state index < -0.39 is 0 Å². The molecular weight excluding hydrogens is 300 g/mol. The van der Waals surface area contributed by atoms with E-state index in [9.17, 15) is 4.79 Å². The van der Waals surface area contributed by atoms with Gasteiger partial charge in [-0.05, 0) is 62.8 Å². The van der Waals surface area contributed by atoms with E-state index >= 15 is 0 Å². The highest BCUT2D eigenvalue weighted by Gasteiger charge is 2.13. The van der Waals surface area contributed by atoms with Crippen LogP contribution in [-0.4, -0.2) is 24.5 Å². The van der Waals surface area contributed by atoms with Crippen LogP contribution in [0.25, 0.3) is 10.9 Å². The molecule has 0 saturated heterocycles. The Labute approximate surface area is 143 Å². The minimum Gasteiger partial charge on any atom is -0.497 e. The van der Waals surface area contributed by atoms with Crippen LogP contribution in [0.5, 0.6) is 5.75 Å². The van der Waals surface area contributed by atoms with Crippen LogP contribution < -0.4 is 10.1 Å². The van der Waals surface area contributed by atoms with E-state index in [1.165, 1.54) is 31.3 Å². The number of nitrogens with one attached hydrogen (secondary N) is 2. The molecule has 0 saturated carbocycles. The zero-order chi connectivity index (χ0) is 16.9. The standard InChI is InChI=1S/C20H26N2O2/c1-14-17(18-12-16(24-2)8-9-19(18)22-14)13-20(23)21-11-10-15-6-4-3-5-7-15/h6,8-9,12,22H,3-5,7,10-11,13H2,1-2H3,(H,21,23). The minimum absolute atomic E-state index is 0.0817. The number of ether oxygens (including phenoxy) is 1. The lowest BCUT2D eigenvalue weighted by molar-refractivity contribution is -0.120. The molecule has 2 N–H and O–H groups in total. The maximum Gasteiger partial charge on any atom is 0.224 e. The third-order valence-electron chi connectivity index (χ3n) is 4.82. The van der Waals surface area contributed by atoms with E-state index in [1.54, 1.807) is 7.11 Å². The van der Waals surface area contributed by atoms with Gasteiger partial charge in [0.25, 0.3) is 0 Å². The van der Waals surface area contributed by atoms with Crippen LogP contribution in [0.4, 0.5) is 0 Å². The number of allylic oxidation sites excluding steroid dienone is 1. The number of H-pyrrole nitrogens is 1. The number of hydrogen-bond acceptors (Lipinski definition) is 2. The van der Waals surface area contributed by atoms with E-state index in [2.05, 4.69) is 16.4 Å².